The molecule has 0 aliphatic rings. The van der Waals surface area contributed by atoms with Gasteiger partial charge in [0.15, 0.2) is 0 Å². The molecule has 0 aromatic heterocycles. The zero-order valence-electron chi connectivity index (χ0n) is 10.1. The second-order valence-corrected chi connectivity index (χ2v) is 3.89. The van der Waals surface area contributed by atoms with Gasteiger partial charge in [0, 0.05) is 19.7 Å². The van der Waals surface area contributed by atoms with Crippen LogP contribution in [0.2, 0.25) is 0 Å². The molecule has 1 rings (SSSR count). The lowest BCUT2D eigenvalue weighted by atomic mass is 10.2. The maximum atomic E-state index is 13.3. The second-order valence-electron chi connectivity index (χ2n) is 3.89. The molecule has 0 aliphatic carbocycles. The fourth-order valence-corrected chi connectivity index (χ4v) is 1.49. The molecule has 0 saturated carbocycles. The van der Waals surface area contributed by atoms with E-state index in [9.17, 15) is 19.3 Å². The van der Waals surface area contributed by atoms with Gasteiger partial charge in [0.2, 0.25) is 11.7 Å². The van der Waals surface area contributed by atoms with Crippen molar-refractivity contribution in [1.29, 1.82) is 0 Å². The van der Waals surface area contributed by atoms with E-state index in [1.807, 2.05) is 0 Å². The number of likely N-dealkylation sites (N-methyl/N-ethyl adjacent to an activating group) is 2. The largest absolute Gasteiger partial charge is 0.358 e. The van der Waals surface area contributed by atoms with E-state index >= 15 is 0 Å². The molecule has 0 fully saturated rings. The number of nitrogens with one attached hydrogen (secondary N) is 1. The Morgan fingerprint density at radius 2 is 2.22 bits per heavy atom. The van der Waals surface area contributed by atoms with Crippen molar-refractivity contribution in [3.05, 3.63) is 39.7 Å². The third kappa shape index (κ3) is 3.77. The molecule has 0 unspecified atom stereocenters. The van der Waals surface area contributed by atoms with Gasteiger partial charge in [-0.2, -0.15) is 4.39 Å². The summed E-state index contributed by atoms with van der Waals surface area (Å²) in [6.07, 6.45) is 0. The predicted molar refractivity (Wildman–Crippen MR) is 63.5 cm³/mol. The number of carbonyl (C=O) groups excluding carboxylic acids is 1. The molecule has 7 heteroatoms. The van der Waals surface area contributed by atoms with E-state index < -0.39 is 16.4 Å². The van der Waals surface area contributed by atoms with E-state index in [2.05, 4.69) is 5.32 Å². The van der Waals surface area contributed by atoms with Crippen LogP contribution < -0.4 is 5.32 Å². The number of hydrogen-bond donors (Lipinski definition) is 1. The lowest BCUT2D eigenvalue weighted by Crippen LogP contribution is -2.32. The standard InChI is InChI=1S/C11H14FN3O3/c1-13-11(16)7-14(2)6-8-3-4-10(15(17)18)9(12)5-8/h3-5H,6-7H2,1-2H3,(H,13,16). The van der Waals surface area contributed by atoms with Crippen molar-refractivity contribution < 1.29 is 14.1 Å². The van der Waals surface area contributed by atoms with Gasteiger partial charge in [-0.3, -0.25) is 19.8 Å². The van der Waals surface area contributed by atoms with E-state index in [0.29, 0.717) is 12.1 Å². The molecule has 0 atom stereocenters. The summed E-state index contributed by atoms with van der Waals surface area (Å²) in [6, 6.07) is 3.71. The molecule has 6 nitrogen and oxygen atoms in total. The van der Waals surface area contributed by atoms with Crippen molar-refractivity contribution in [1.82, 2.24) is 10.2 Å². The molecule has 0 heterocycles. The lowest BCUT2D eigenvalue weighted by molar-refractivity contribution is -0.387. The Bertz CT molecular complexity index is 465. The molecule has 18 heavy (non-hydrogen) atoms. The summed E-state index contributed by atoms with van der Waals surface area (Å²) in [6.45, 7) is 0.511. The Hall–Kier alpha value is -2.02. The molecule has 0 radical (unpaired) electrons. The topological polar surface area (TPSA) is 75.5 Å². The molecule has 98 valence electrons. The van der Waals surface area contributed by atoms with Crippen LogP contribution in [0.3, 0.4) is 0 Å². The minimum atomic E-state index is -0.870. The lowest BCUT2D eigenvalue weighted by Gasteiger charge is -2.15. The molecular formula is C11H14FN3O3. The van der Waals surface area contributed by atoms with Crippen LogP contribution in [0.25, 0.3) is 0 Å². The Morgan fingerprint density at radius 3 is 2.72 bits per heavy atom. The summed E-state index contributed by atoms with van der Waals surface area (Å²) in [5.74, 6) is -1.02. The van der Waals surface area contributed by atoms with Crippen molar-refractivity contribution in [3.63, 3.8) is 0 Å². The zero-order valence-corrected chi connectivity index (χ0v) is 10.1. The summed E-state index contributed by atoms with van der Waals surface area (Å²) in [5, 5.41) is 12.9. The van der Waals surface area contributed by atoms with Crippen molar-refractivity contribution in [2.45, 2.75) is 6.54 Å². The van der Waals surface area contributed by atoms with Crippen LogP contribution in [0, 0.1) is 15.9 Å². The third-order valence-electron chi connectivity index (χ3n) is 2.35. The summed E-state index contributed by atoms with van der Waals surface area (Å²) < 4.78 is 13.3. The smallest absolute Gasteiger partial charge is 0.304 e. The first-order valence-corrected chi connectivity index (χ1v) is 5.26. The first-order valence-electron chi connectivity index (χ1n) is 5.26. The molecule has 1 aromatic rings. The molecular weight excluding hydrogens is 241 g/mol. The zero-order chi connectivity index (χ0) is 13.7. The predicted octanol–water partition coefficient (Wildman–Crippen LogP) is 0.912. The van der Waals surface area contributed by atoms with Gasteiger partial charge in [-0.15, -0.1) is 0 Å². The molecule has 1 aromatic carbocycles. The quantitative estimate of drug-likeness (QED) is 0.627. The van der Waals surface area contributed by atoms with Crippen LogP contribution in [0.1, 0.15) is 5.56 Å². The highest BCUT2D eigenvalue weighted by Crippen LogP contribution is 2.18. The number of nitro groups is 1. The first-order chi connectivity index (χ1) is 8.43. The van der Waals surface area contributed by atoms with Gasteiger partial charge in [0.1, 0.15) is 0 Å². The molecule has 0 spiro atoms. The number of rotatable bonds is 5. The van der Waals surface area contributed by atoms with Crippen LogP contribution in [0.4, 0.5) is 10.1 Å². The summed E-state index contributed by atoms with van der Waals surface area (Å²) in [7, 11) is 3.23. The van der Waals surface area contributed by atoms with E-state index in [1.165, 1.54) is 13.1 Å². The van der Waals surface area contributed by atoms with Crippen molar-refractivity contribution >= 4 is 11.6 Å². The number of hydrogen-bond acceptors (Lipinski definition) is 4. The van der Waals surface area contributed by atoms with Crippen molar-refractivity contribution in [2.75, 3.05) is 20.6 Å². The fourth-order valence-electron chi connectivity index (χ4n) is 1.49. The highest BCUT2D eigenvalue weighted by atomic mass is 19.1. The fraction of sp³-hybridized carbons (Fsp3) is 0.364. The molecule has 1 amide bonds. The van der Waals surface area contributed by atoms with E-state index in [4.69, 9.17) is 0 Å². The van der Waals surface area contributed by atoms with Crippen molar-refractivity contribution in [3.8, 4) is 0 Å². The van der Waals surface area contributed by atoms with E-state index in [0.717, 1.165) is 12.1 Å². The second kappa shape index (κ2) is 6.06. The Balaban J connectivity index is 2.71. The van der Waals surface area contributed by atoms with Crippen LogP contribution >= 0.6 is 0 Å². The Kier molecular flexibility index (Phi) is 4.73. The summed E-state index contributed by atoms with van der Waals surface area (Å²) in [4.78, 5) is 22.5. The first kappa shape index (κ1) is 14.0. The Labute approximate surface area is 104 Å². The van der Waals surface area contributed by atoms with Gasteiger partial charge in [0.25, 0.3) is 0 Å². The molecule has 1 N–H and O–H groups in total. The number of benzene rings is 1. The van der Waals surface area contributed by atoms with E-state index in [1.54, 1.807) is 11.9 Å². The van der Waals surface area contributed by atoms with Gasteiger partial charge in [-0.25, -0.2) is 0 Å². The number of nitrogens with zero attached hydrogens (tertiary/aromatic N) is 2. The number of halogens is 1. The van der Waals surface area contributed by atoms with E-state index in [-0.39, 0.29) is 12.5 Å². The minimum Gasteiger partial charge on any atom is -0.358 e. The van der Waals surface area contributed by atoms with Gasteiger partial charge >= 0.3 is 5.69 Å². The molecule has 0 aliphatic heterocycles. The van der Waals surface area contributed by atoms with Gasteiger partial charge in [-0.05, 0) is 18.7 Å². The summed E-state index contributed by atoms with van der Waals surface area (Å²) >= 11 is 0. The maximum absolute atomic E-state index is 13.3. The monoisotopic (exact) mass is 255 g/mol. The van der Waals surface area contributed by atoms with Gasteiger partial charge < -0.3 is 5.32 Å². The van der Waals surface area contributed by atoms with Gasteiger partial charge in [0.05, 0.1) is 11.5 Å². The number of amides is 1. The Morgan fingerprint density at radius 1 is 1.56 bits per heavy atom. The van der Waals surface area contributed by atoms with Crippen LogP contribution in [-0.2, 0) is 11.3 Å². The van der Waals surface area contributed by atoms with Crippen LogP contribution in [-0.4, -0.2) is 36.4 Å². The number of nitro benzene ring substituents is 1. The normalized spacial score (nSPS) is 10.4. The summed E-state index contributed by atoms with van der Waals surface area (Å²) in [5.41, 5.74) is 0.0252. The number of carbonyl (C=O) groups is 1. The van der Waals surface area contributed by atoms with Crippen LogP contribution in [0.15, 0.2) is 18.2 Å². The average molecular weight is 255 g/mol. The maximum Gasteiger partial charge on any atom is 0.304 e. The minimum absolute atomic E-state index is 0.153. The van der Waals surface area contributed by atoms with Crippen molar-refractivity contribution in [2.24, 2.45) is 0 Å². The average Bonchev–Trinajstić information content (AvgIpc) is 2.28. The highest BCUT2D eigenvalue weighted by Gasteiger charge is 2.14. The molecule has 0 saturated heterocycles. The third-order valence-corrected chi connectivity index (χ3v) is 2.35. The highest BCUT2D eigenvalue weighted by molar-refractivity contribution is 5.77. The van der Waals surface area contributed by atoms with Crippen LogP contribution in [0.5, 0.6) is 0 Å². The SMILES string of the molecule is CNC(=O)CN(C)Cc1ccc([N+](=O)[O-])c(F)c1. The van der Waals surface area contributed by atoms with Gasteiger partial charge in [-0.1, -0.05) is 6.07 Å². The molecule has 0 bridgehead atoms.